The van der Waals surface area contributed by atoms with Crippen molar-refractivity contribution in [3.8, 4) is 0 Å². The van der Waals surface area contributed by atoms with Crippen molar-refractivity contribution in [2.45, 2.75) is 13.5 Å². The maximum atomic E-state index is 12.3. The lowest BCUT2D eigenvalue weighted by atomic mass is 10.2. The van der Waals surface area contributed by atoms with Gasteiger partial charge in [0, 0.05) is 32.2 Å². The molecule has 1 saturated heterocycles. The van der Waals surface area contributed by atoms with E-state index < -0.39 is 0 Å². The standard InChI is InChI=1S/C24H24N6O/c1-18-24(26-21-10-6-5-9-20(21)25-18)29-15-13-28(14-16-29)22-11-12-23(31)30(27-22)17-19-7-3-2-4-8-19/h2-12H,13-17H2,1H3. The first kappa shape index (κ1) is 19.2. The monoisotopic (exact) mass is 412 g/mol. The molecule has 1 fully saturated rings. The highest BCUT2D eigenvalue weighted by atomic mass is 16.1. The zero-order chi connectivity index (χ0) is 21.2. The van der Waals surface area contributed by atoms with Gasteiger partial charge in [0.05, 0.1) is 23.3 Å². The second-order valence-corrected chi connectivity index (χ2v) is 7.77. The first-order chi connectivity index (χ1) is 15.2. The predicted molar refractivity (Wildman–Crippen MR) is 123 cm³/mol. The number of para-hydroxylation sites is 2. The molecule has 0 saturated carbocycles. The third-order valence-electron chi connectivity index (χ3n) is 5.65. The van der Waals surface area contributed by atoms with Gasteiger partial charge in [-0.2, -0.15) is 5.10 Å². The third kappa shape index (κ3) is 3.99. The first-order valence-electron chi connectivity index (χ1n) is 10.5. The van der Waals surface area contributed by atoms with Crippen LogP contribution in [0.15, 0.2) is 71.5 Å². The van der Waals surface area contributed by atoms with E-state index in [9.17, 15) is 4.79 Å². The van der Waals surface area contributed by atoms with E-state index in [1.165, 1.54) is 4.68 Å². The zero-order valence-corrected chi connectivity index (χ0v) is 17.5. The maximum absolute atomic E-state index is 12.3. The van der Waals surface area contributed by atoms with Crippen LogP contribution in [0.1, 0.15) is 11.3 Å². The fraction of sp³-hybridized carbons (Fsp3) is 0.250. The number of fused-ring (bicyclic) bond motifs is 1. The topological polar surface area (TPSA) is 67.2 Å². The summed E-state index contributed by atoms with van der Waals surface area (Å²) in [6, 6.07) is 21.3. The molecule has 2 aromatic heterocycles. The molecule has 7 nitrogen and oxygen atoms in total. The van der Waals surface area contributed by atoms with Crippen molar-refractivity contribution in [2.75, 3.05) is 36.0 Å². The van der Waals surface area contributed by atoms with Gasteiger partial charge in [0.1, 0.15) is 5.82 Å². The summed E-state index contributed by atoms with van der Waals surface area (Å²) in [6.07, 6.45) is 0. The fourth-order valence-corrected chi connectivity index (χ4v) is 4.00. The van der Waals surface area contributed by atoms with E-state index in [1.54, 1.807) is 6.07 Å². The van der Waals surface area contributed by atoms with E-state index in [1.807, 2.05) is 67.6 Å². The van der Waals surface area contributed by atoms with E-state index >= 15 is 0 Å². The SMILES string of the molecule is Cc1nc2ccccc2nc1N1CCN(c2ccc(=O)n(Cc3ccccc3)n2)CC1. The van der Waals surface area contributed by atoms with Gasteiger partial charge in [-0.1, -0.05) is 42.5 Å². The van der Waals surface area contributed by atoms with Crippen molar-refractivity contribution < 1.29 is 0 Å². The number of piperazine rings is 1. The highest BCUT2D eigenvalue weighted by molar-refractivity contribution is 5.76. The minimum Gasteiger partial charge on any atom is -0.352 e. The molecule has 7 heteroatoms. The Morgan fingerprint density at radius 1 is 0.774 bits per heavy atom. The van der Waals surface area contributed by atoms with Crippen LogP contribution < -0.4 is 15.4 Å². The summed E-state index contributed by atoms with van der Waals surface area (Å²) in [5.74, 6) is 1.77. The van der Waals surface area contributed by atoms with Crippen molar-refractivity contribution in [3.05, 3.63) is 88.3 Å². The van der Waals surface area contributed by atoms with Crippen LogP contribution >= 0.6 is 0 Å². The molecule has 156 valence electrons. The Morgan fingerprint density at radius 3 is 2.16 bits per heavy atom. The van der Waals surface area contributed by atoms with Gasteiger partial charge < -0.3 is 9.80 Å². The number of rotatable bonds is 4. The molecule has 1 aliphatic heterocycles. The number of aryl methyl sites for hydroxylation is 1. The summed E-state index contributed by atoms with van der Waals surface area (Å²) in [5, 5.41) is 4.63. The van der Waals surface area contributed by atoms with Crippen LogP contribution in [0.2, 0.25) is 0 Å². The second-order valence-electron chi connectivity index (χ2n) is 7.77. The van der Waals surface area contributed by atoms with Crippen LogP contribution in [-0.4, -0.2) is 45.9 Å². The molecule has 0 atom stereocenters. The van der Waals surface area contributed by atoms with Crippen molar-refractivity contribution in [1.29, 1.82) is 0 Å². The van der Waals surface area contributed by atoms with Gasteiger partial charge in [-0.25, -0.2) is 14.6 Å². The zero-order valence-electron chi connectivity index (χ0n) is 17.5. The smallest absolute Gasteiger partial charge is 0.267 e. The maximum Gasteiger partial charge on any atom is 0.267 e. The van der Waals surface area contributed by atoms with Gasteiger partial charge in [-0.15, -0.1) is 0 Å². The Morgan fingerprint density at radius 2 is 1.42 bits per heavy atom. The molecule has 5 rings (SSSR count). The minimum atomic E-state index is -0.0895. The van der Waals surface area contributed by atoms with Gasteiger partial charge in [0.25, 0.3) is 5.56 Å². The van der Waals surface area contributed by atoms with E-state index in [2.05, 4.69) is 14.9 Å². The van der Waals surface area contributed by atoms with Crippen LogP contribution in [0.3, 0.4) is 0 Å². The number of hydrogen-bond acceptors (Lipinski definition) is 6. The lowest BCUT2D eigenvalue weighted by Gasteiger charge is -2.36. The molecule has 0 radical (unpaired) electrons. The Balaban J connectivity index is 1.32. The minimum absolute atomic E-state index is 0.0895. The summed E-state index contributed by atoms with van der Waals surface area (Å²) in [7, 11) is 0. The highest BCUT2D eigenvalue weighted by Gasteiger charge is 2.22. The van der Waals surface area contributed by atoms with Gasteiger partial charge in [0.15, 0.2) is 5.82 Å². The van der Waals surface area contributed by atoms with E-state index in [0.717, 1.165) is 60.1 Å². The molecule has 0 unspecified atom stereocenters. The molecule has 1 aliphatic rings. The number of anilines is 2. The van der Waals surface area contributed by atoms with Crippen molar-refractivity contribution in [2.24, 2.45) is 0 Å². The summed E-state index contributed by atoms with van der Waals surface area (Å²) < 4.78 is 1.54. The lowest BCUT2D eigenvalue weighted by Crippen LogP contribution is -2.47. The lowest BCUT2D eigenvalue weighted by molar-refractivity contribution is 0.599. The number of benzene rings is 2. The summed E-state index contributed by atoms with van der Waals surface area (Å²) in [4.78, 5) is 26.4. The second kappa shape index (κ2) is 8.18. The van der Waals surface area contributed by atoms with Crippen LogP contribution in [-0.2, 0) is 6.54 Å². The average molecular weight is 412 g/mol. The van der Waals surface area contributed by atoms with Gasteiger partial charge in [0.2, 0.25) is 0 Å². The van der Waals surface area contributed by atoms with Gasteiger partial charge in [-0.05, 0) is 30.7 Å². The highest BCUT2D eigenvalue weighted by Crippen LogP contribution is 2.22. The Labute approximate surface area is 180 Å². The number of hydrogen-bond donors (Lipinski definition) is 0. The fourth-order valence-electron chi connectivity index (χ4n) is 4.00. The van der Waals surface area contributed by atoms with Crippen LogP contribution in [0.4, 0.5) is 11.6 Å². The van der Waals surface area contributed by atoms with Crippen LogP contribution in [0.5, 0.6) is 0 Å². The molecule has 0 bridgehead atoms. The summed E-state index contributed by atoms with van der Waals surface area (Å²) in [6.45, 7) is 5.76. The van der Waals surface area contributed by atoms with Crippen LogP contribution in [0.25, 0.3) is 11.0 Å². The molecular formula is C24H24N6O. The van der Waals surface area contributed by atoms with Crippen molar-refractivity contribution >= 4 is 22.7 Å². The van der Waals surface area contributed by atoms with Crippen molar-refractivity contribution in [3.63, 3.8) is 0 Å². The third-order valence-corrected chi connectivity index (χ3v) is 5.65. The number of aromatic nitrogens is 4. The largest absolute Gasteiger partial charge is 0.352 e. The van der Waals surface area contributed by atoms with Gasteiger partial charge in [-0.3, -0.25) is 4.79 Å². The Bertz CT molecular complexity index is 1260. The molecular weight excluding hydrogens is 388 g/mol. The van der Waals surface area contributed by atoms with Crippen LogP contribution in [0, 0.1) is 6.92 Å². The van der Waals surface area contributed by atoms with E-state index in [-0.39, 0.29) is 5.56 Å². The van der Waals surface area contributed by atoms with E-state index in [0.29, 0.717) is 6.54 Å². The Hall–Kier alpha value is -3.74. The summed E-state index contributed by atoms with van der Waals surface area (Å²) in [5.41, 5.74) is 3.76. The van der Waals surface area contributed by atoms with Gasteiger partial charge >= 0.3 is 0 Å². The first-order valence-corrected chi connectivity index (χ1v) is 10.5. The van der Waals surface area contributed by atoms with E-state index in [4.69, 9.17) is 9.97 Å². The predicted octanol–water partition coefficient (Wildman–Crippen LogP) is 2.87. The molecule has 31 heavy (non-hydrogen) atoms. The molecule has 2 aromatic carbocycles. The molecule has 0 aliphatic carbocycles. The summed E-state index contributed by atoms with van der Waals surface area (Å²) >= 11 is 0. The molecule has 0 spiro atoms. The number of nitrogens with zero attached hydrogens (tertiary/aromatic N) is 6. The molecule has 0 amide bonds. The average Bonchev–Trinajstić information content (AvgIpc) is 2.81. The molecule has 3 heterocycles. The quantitative estimate of drug-likeness (QED) is 0.514. The Kier molecular flexibility index (Phi) is 5.08. The van der Waals surface area contributed by atoms with Crippen molar-refractivity contribution in [1.82, 2.24) is 19.7 Å². The normalized spacial score (nSPS) is 14.2. The molecule has 0 N–H and O–H groups in total. The molecule has 4 aromatic rings.